The molecule has 2 heterocycles. The highest BCUT2D eigenvalue weighted by Gasteiger charge is 2.47. The predicted molar refractivity (Wildman–Crippen MR) is 137 cm³/mol. The second-order valence-corrected chi connectivity index (χ2v) is 9.76. The van der Waals surface area contributed by atoms with E-state index in [-0.39, 0.29) is 36.3 Å². The van der Waals surface area contributed by atoms with Gasteiger partial charge in [0.15, 0.2) is 0 Å². The first-order chi connectivity index (χ1) is 17.2. The minimum absolute atomic E-state index is 0.0467. The molecule has 8 heteroatoms. The molecule has 0 aromatic heterocycles. The predicted octanol–water partition coefficient (Wildman–Crippen LogP) is 4.21. The summed E-state index contributed by atoms with van der Waals surface area (Å²) >= 11 is 0. The topological polar surface area (TPSA) is 91.0 Å². The normalized spacial score (nSPS) is 18.5. The van der Waals surface area contributed by atoms with Crippen molar-refractivity contribution in [2.45, 2.75) is 52.7 Å². The zero-order valence-electron chi connectivity index (χ0n) is 21.4. The fourth-order valence-corrected chi connectivity index (χ4v) is 4.88. The number of hydrogen-bond acceptors (Lipinski definition) is 4. The summed E-state index contributed by atoms with van der Waals surface area (Å²) in [5.74, 6) is 0.768. The second-order valence-electron chi connectivity index (χ2n) is 9.76. The molecule has 0 bridgehead atoms. The van der Waals surface area contributed by atoms with Gasteiger partial charge in [0.1, 0.15) is 17.5 Å². The molecule has 0 aliphatic carbocycles. The number of amides is 4. The molecule has 190 valence electrons. The molecule has 0 fully saturated rings. The summed E-state index contributed by atoms with van der Waals surface area (Å²) < 4.78 is 5.99. The number of rotatable bonds is 8. The summed E-state index contributed by atoms with van der Waals surface area (Å²) in [5, 5.41) is 5.95. The zero-order valence-corrected chi connectivity index (χ0v) is 21.4. The summed E-state index contributed by atoms with van der Waals surface area (Å²) in [4.78, 5) is 43.2. The third-order valence-corrected chi connectivity index (χ3v) is 6.40. The first-order valence-corrected chi connectivity index (χ1v) is 12.5. The van der Waals surface area contributed by atoms with E-state index in [0.29, 0.717) is 29.3 Å². The Morgan fingerprint density at radius 2 is 1.75 bits per heavy atom. The monoisotopic (exact) mass is 490 g/mol. The van der Waals surface area contributed by atoms with Crippen LogP contribution in [0.4, 0.5) is 4.79 Å². The molecule has 0 unspecified atom stereocenters. The molecule has 2 atom stereocenters. The number of likely N-dealkylation sites (N-methyl/N-ethyl adjacent to an activating group) is 1. The number of carbonyl (C=O) groups excluding carboxylic acids is 3. The maximum Gasteiger partial charge on any atom is 0.322 e. The fourth-order valence-electron chi connectivity index (χ4n) is 4.88. The van der Waals surface area contributed by atoms with Crippen molar-refractivity contribution >= 4 is 17.8 Å². The van der Waals surface area contributed by atoms with Gasteiger partial charge in [0.25, 0.3) is 5.91 Å². The lowest BCUT2D eigenvalue weighted by Gasteiger charge is -2.33. The van der Waals surface area contributed by atoms with E-state index in [2.05, 4.69) is 10.6 Å². The van der Waals surface area contributed by atoms with E-state index >= 15 is 0 Å². The number of nitrogens with one attached hydrogen (secondary N) is 2. The van der Waals surface area contributed by atoms with Crippen LogP contribution in [0.1, 0.15) is 46.2 Å². The smallest absolute Gasteiger partial charge is 0.322 e. The molecule has 36 heavy (non-hydrogen) atoms. The number of nitrogens with zero attached hydrogens (tertiary/aromatic N) is 2. The van der Waals surface area contributed by atoms with Crippen LogP contribution in [0, 0.1) is 5.92 Å². The van der Waals surface area contributed by atoms with Crippen LogP contribution in [0.3, 0.4) is 0 Å². The van der Waals surface area contributed by atoms with Crippen LogP contribution in [0.2, 0.25) is 0 Å². The van der Waals surface area contributed by atoms with Crippen LogP contribution in [0.5, 0.6) is 11.5 Å². The molecule has 2 aliphatic rings. The van der Waals surface area contributed by atoms with Gasteiger partial charge in [0.2, 0.25) is 5.91 Å². The molecule has 0 spiro atoms. The van der Waals surface area contributed by atoms with Crippen molar-refractivity contribution in [2.24, 2.45) is 5.92 Å². The lowest BCUT2D eigenvalue weighted by molar-refractivity contribution is -0.138. The van der Waals surface area contributed by atoms with Gasteiger partial charge in [0, 0.05) is 12.6 Å². The molecule has 2 aromatic rings. The average molecular weight is 491 g/mol. The van der Waals surface area contributed by atoms with Crippen LogP contribution in [-0.2, 0) is 9.59 Å². The number of urea groups is 1. The van der Waals surface area contributed by atoms with Crippen LogP contribution in [-0.4, -0.2) is 52.8 Å². The molecular weight excluding hydrogens is 456 g/mol. The fraction of sp³-hybridized carbons (Fsp3) is 0.393. The molecule has 4 amide bonds. The Kier molecular flexibility index (Phi) is 7.33. The standard InChI is InChI=1S/C28H34N4O4/c1-6-31-22-16-32(25(17(2)3)26(33)29-18(4)5)27(34)23(22)24(30-28(31)35)19-11-10-14-21(15-19)36-20-12-8-7-9-13-20/h7-15,17-18,24-25H,6,16H2,1-5H3,(H,29,33)(H,30,35)/t24-,25+/m1/s1. The molecule has 2 N–H and O–H groups in total. The van der Waals surface area contributed by atoms with Gasteiger partial charge in [-0.3, -0.25) is 14.5 Å². The molecule has 2 aromatic carbocycles. The lowest BCUT2D eigenvalue weighted by Crippen LogP contribution is -2.52. The Labute approximate surface area is 212 Å². The van der Waals surface area contributed by atoms with Gasteiger partial charge in [-0.25, -0.2) is 4.79 Å². The van der Waals surface area contributed by atoms with Crippen LogP contribution < -0.4 is 15.4 Å². The summed E-state index contributed by atoms with van der Waals surface area (Å²) in [6, 6.07) is 15.2. The number of para-hydroxylation sites is 1. The number of benzene rings is 2. The van der Waals surface area contributed by atoms with Crippen molar-refractivity contribution in [1.82, 2.24) is 20.4 Å². The summed E-state index contributed by atoms with van der Waals surface area (Å²) in [6.45, 7) is 10.1. The van der Waals surface area contributed by atoms with Crippen molar-refractivity contribution in [1.29, 1.82) is 0 Å². The van der Waals surface area contributed by atoms with E-state index in [4.69, 9.17) is 4.74 Å². The molecule has 4 rings (SSSR count). The first-order valence-electron chi connectivity index (χ1n) is 12.5. The van der Waals surface area contributed by atoms with Crippen LogP contribution in [0.25, 0.3) is 0 Å². The highest BCUT2D eigenvalue weighted by Crippen LogP contribution is 2.38. The van der Waals surface area contributed by atoms with Gasteiger partial charge in [-0.2, -0.15) is 0 Å². The molecule has 0 saturated carbocycles. The maximum atomic E-state index is 13.9. The third-order valence-electron chi connectivity index (χ3n) is 6.40. The number of hydrogen-bond donors (Lipinski definition) is 2. The van der Waals surface area contributed by atoms with Crippen LogP contribution in [0.15, 0.2) is 65.9 Å². The largest absolute Gasteiger partial charge is 0.457 e. The minimum Gasteiger partial charge on any atom is -0.457 e. The Morgan fingerprint density at radius 1 is 1.06 bits per heavy atom. The SMILES string of the molecule is CCN1C(=O)N[C@H](c2cccc(Oc3ccccc3)c2)C2=C1CN([C@H](C(=O)NC(C)C)C(C)C)C2=O. The summed E-state index contributed by atoms with van der Waals surface area (Å²) in [5.41, 5.74) is 1.88. The average Bonchev–Trinajstić information content (AvgIpc) is 3.15. The van der Waals surface area contributed by atoms with Gasteiger partial charge < -0.3 is 20.3 Å². The quantitative estimate of drug-likeness (QED) is 0.580. The molecular formula is C28H34N4O4. The van der Waals surface area contributed by atoms with E-state index in [9.17, 15) is 14.4 Å². The molecule has 8 nitrogen and oxygen atoms in total. The van der Waals surface area contributed by atoms with Gasteiger partial charge in [0.05, 0.1) is 23.9 Å². The van der Waals surface area contributed by atoms with Gasteiger partial charge >= 0.3 is 6.03 Å². The Bertz CT molecular complexity index is 1180. The van der Waals surface area contributed by atoms with Crippen LogP contribution >= 0.6 is 0 Å². The third kappa shape index (κ3) is 4.94. The number of ether oxygens (including phenoxy) is 1. The van der Waals surface area contributed by atoms with Gasteiger partial charge in [-0.05, 0) is 56.5 Å². The van der Waals surface area contributed by atoms with Crippen molar-refractivity contribution in [3.05, 3.63) is 71.4 Å². The summed E-state index contributed by atoms with van der Waals surface area (Å²) in [7, 11) is 0. The first kappa shape index (κ1) is 25.3. The van der Waals surface area contributed by atoms with Crippen molar-refractivity contribution in [2.75, 3.05) is 13.1 Å². The maximum absolute atomic E-state index is 13.9. The van der Waals surface area contributed by atoms with Gasteiger partial charge in [-0.1, -0.05) is 44.2 Å². The highest BCUT2D eigenvalue weighted by molar-refractivity contribution is 6.03. The van der Waals surface area contributed by atoms with E-state index < -0.39 is 12.1 Å². The van der Waals surface area contributed by atoms with Crippen molar-refractivity contribution < 1.29 is 19.1 Å². The summed E-state index contributed by atoms with van der Waals surface area (Å²) in [6.07, 6.45) is 0. The van der Waals surface area contributed by atoms with Crippen molar-refractivity contribution in [3.63, 3.8) is 0 Å². The van der Waals surface area contributed by atoms with Crippen molar-refractivity contribution in [3.8, 4) is 11.5 Å². The minimum atomic E-state index is -0.646. The Balaban J connectivity index is 1.69. The Morgan fingerprint density at radius 3 is 2.39 bits per heavy atom. The zero-order chi connectivity index (χ0) is 26.0. The van der Waals surface area contributed by atoms with E-state index in [1.165, 1.54) is 0 Å². The lowest BCUT2D eigenvalue weighted by atomic mass is 9.95. The molecule has 0 saturated heterocycles. The second kappa shape index (κ2) is 10.4. The molecule has 0 radical (unpaired) electrons. The van der Waals surface area contributed by atoms with Gasteiger partial charge in [-0.15, -0.1) is 0 Å². The highest BCUT2D eigenvalue weighted by atomic mass is 16.5. The number of carbonyl (C=O) groups is 3. The van der Waals surface area contributed by atoms with E-state index in [0.717, 1.165) is 5.56 Å². The molecule has 2 aliphatic heterocycles. The Hall–Kier alpha value is -3.81. The van der Waals surface area contributed by atoms with E-state index in [1.807, 2.05) is 89.2 Å². The van der Waals surface area contributed by atoms with E-state index in [1.54, 1.807) is 9.80 Å².